The van der Waals surface area contributed by atoms with E-state index in [1.54, 1.807) is 30.5 Å². The van der Waals surface area contributed by atoms with Crippen LogP contribution in [0, 0.1) is 17.0 Å². The number of fused-ring (bicyclic) bond motifs is 1. The fourth-order valence-electron chi connectivity index (χ4n) is 2.87. The predicted molar refractivity (Wildman–Crippen MR) is 122 cm³/mol. The minimum atomic E-state index is -0.423. The third-order valence-electron chi connectivity index (χ3n) is 4.43. The summed E-state index contributed by atoms with van der Waals surface area (Å²) in [6, 6.07) is 18.5. The Balaban J connectivity index is 1.52. The highest BCUT2D eigenvalue weighted by molar-refractivity contribution is 9.10. The van der Waals surface area contributed by atoms with E-state index in [0.29, 0.717) is 21.5 Å². The van der Waals surface area contributed by atoms with Gasteiger partial charge >= 0.3 is 0 Å². The van der Waals surface area contributed by atoms with Crippen LogP contribution in [0.25, 0.3) is 28.6 Å². The molecule has 6 nitrogen and oxygen atoms in total. The molecular formula is C23H16BrN3O3. The fourth-order valence-corrected chi connectivity index (χ4v) is 3.26. The Labute approximate surface area is 180 Å². The van der Waals surface area contributed by atoms with Crippen LogP contribution in [-0.4, -0.2) is 16.1 Å². The van der Waals surface area contributed by atoms with Crippen molar-refractivity contribution >= 4 is 50.7 Å². The van der Waals surface area contributed by atoms with Crippen LogP contribution in [-0.2, 0) is 0 Å². The second kappa shape index (κ2) is 8.42. The third kappa shape index (κ3) is 4.36. The number of aromatic nitrogens is 1. The molecule has 1 heterocycles. The van der Waals surface area contributed by atoms with Crippen molar-refractivity contribution in [3.63, 3.8) is 0 Å². The molecule has 0 saturated heterocycles. The fraction of sp³-hybridized carbons (Fsp3) is 0.0435. The number of halogens is 1. The van der Waals surface area contributed by atoms with E-state index in [1.807, 2.05) is 49.4 Å². The number of hydrogen-bond acceptors (Lipinski definition) is 5. The number of aryl methyl sites for hydroxylation is 1. The Morgan fingerprint density at radius 1 is 1.10 bits per heavy atom. The lowest BCUT2D eigenvalue weighted by molar-refractivity contribution is -0.385. The first-order valence-corrected chi connectivity index (χ1v) is 9.91. The summed E-state index contributed by atoms with van der Waals surface area (Å²) in [5.41, 5.74) is 5.00. The molecule has 0 aliphatic carbocycles. The standard InChI is InChI=1S/C23H16BrN3O3/c1-15-4-7-17(8-5-15)23-26-20-14-18(9-11-22(20)30-23)25-12-2-3-16-6-10-19(24)21(13-16)27(28)29/h2-14H,1H3. The summed E-state index contributed by atoms with van der Waals surface area (Å²) < 4.78 is 6.29. The van der Waals surface area contributed by atoms with Crippen LogP contribution in [0.1, 0.15) is 11.1 Å². The van der Waals surface area contributed by atoms with Gasteiger partial charge in [0.05, 0.1) is 15.1 Å². The number of rotatable bonds is 5. The molecule has 0 saturated carbocycles. The Morgan fingerprint density at radius 2 is 1.90 bits per heavy atom. The van der Waals surface area contributed by atoms with Gasteiger partial charge in [0.2, 0.25) is 5.89 Å². The molecule has 4 rings (SSSR count). The molecule has 0 aliphatic heterocycles. The van der Waals surface area contributed by atoms with Gasteiger partial charge in [0.15, 0.2) is 5.58 Å². The second-order valence-corrected chi connectivity index (χ2v) is 7.50. The van der Waals surface area contributed by atoms with Gasteiger partial charge in [-0.2, -0.15) is 0 Å². The SMILES string of the molecule is Cc1ccc(-c2nc3cc(N=CC=Cc4ccc(Br)c([N+](=O)[O-])c4)ccc3o2)cc1. The lowest BCUT2D eigenvalue weighted by Gasteiger charge is -1.97. The Hall–Kier alpha value is -3.58. The number of oxazole rings is 1. The van der Waals surface area contributed by atoms with Crippen molar-refractivity contribution in [1.29, 1.82) is 0 Å². The number of aliphatic imine (C=N–C) groups is 1. The molecule has 0 spiro atoms. The van der Waals surface area contributed by atoms with Crippen LogP contribution >= 0.6 is 15.9 Å². The van der Waals surface area contributed by atoms with Crippen LogP contribution < -0.4 is 0 Å². The van der Waals surface area contributed by atoms with Gasteiger partial charge in [0, 0.05) is 17.8 Å². The van der Waals surface area contributed by atoms with Crippen molar-refractivity contribution in [1.82, 2.24) is 4.98 Å². The monoisotopic (exact) mass is 461 g/mol. The molecule has 148 valence electrons. The molecule has 0 unspecified atom stereocenters. The van der Waals surface area contributed by atoms with Crippen molar-refractivity contribution in [2.75, 3.05) is 0 Å². The normalized spacial score (nSPS) is 11.7. The summed E-state index contributed by atoms with van der Waals surface area (Å²) in [5, 5.41) is 11.0. The van der Waals surface area contributed by atoms with Crippen molar-refractivity contribution in [2.24, 2.45) is 4.99 Å². The molecule has 0 radical (unpaired) electrons. The zero-order valence-corrected chi connectivity index (χ0v) is 17.5. The van der Waals surface area contributed by atoms with Crippen LogP contribution in [0.5, 0.6) is 0 Å². The van der Waals surface area contributed by atoms with Gasteiger partial charge in [-0.15, -0.1) is 0 Å². The van der Waals surface area contributed by atoms with Gasteiger partial charge in [0.25, 0.3) is 5.69 Å². The summed E-state index contributed by atoms with van der Waals surface area (Å²) >= 11 is 3.18. The topological polar surface area (TPSA) is 81.5 Å². The number of nitrogens with zero attached hydrogens (tertiary/aromatic N) is 3. The van der Waals surface area contributed by atoms with Gasteiger partial charge < -0.3 is 4.42 Å². The van der Waals surface area contributed by atoms with E-state index in [9.17, 15) is 10.1 Å². The van der Waals surface area contributed by atoms with Gasteiger partial charge in [-0.3, -0.25) is 15.1 Å². The van der Waals surface area contributed by atoms with E-state index in [0.717, 1.165) is 16.8 Å². The molecule has 0 amide bonds. The Kier molecular flexibility index (Phi) is 5.54. The molecule has 4 aromatic rings. The van der Waals surface area contributed by atoms with E-state index in [2.05, 4.69) is 25.9 Å². The van der Waals surface area contributed by atoms with Crippen molar-refractivity contribution in [2.45, 2.75) is 6.92 Å². The second-order valence-electron chi connectivity index (χ2n) is 6.64. The summed E-state index contributed by atoms with van der Waals surface area (Å²) in [6.07, 6.45) is 5.13. The molecular weight excluding hydrogens is 446 g/mol. The van der Waals surface area contributed by atoms with E-state index in [-0.39, 0.29) is 5.69 Å². The van der Waals surface area contributed by atoms with E-state index >= 15 is 0 Å². The van der Waals surface area contributed by atoms with Crippen molar-refractivity contribution in [3.8, 4) is 11.5 Å². The molecule has 0 N–H and O–H groups in total. The van der Waals surface area contributed by atoms with E-state index in [1.165, 1.54) is 11.6 Å². The lowest BCUT2D eigenvalue weighted by Crippen LogP contribution is -1.89. The van der Waals surface area contributed by atoms with E-state index in [4.69, 9.17) is 4.42 Å². The molecule has 7 heteroatoms. The first-order chi connectivity index (χ1) is 14.5. The molecule has 0 aliphatic rings. The number of benzene rings is 3. The highest BCUT2D eigenvalue weighted by Gasteiger charge is 2.11. The highest BCUT2D eigenvalue weighted by atomic mass is 79.9. The average molecular weight is 462 g/mol. The lowest BCUT2D eigenvalue weighted by atomic mass is 10.1. The zero-order chi connectivity index (χ0) is 21.1. The van der Waals surface area contributed by atoms with Crippen LogP contribution in [0.4, 0.5) is 11.4 Å². The zero-order valence-electron chi connectivity index (χ0n) is 15.9. The van der Waals surface area contributed by atoms with Crippen LogP contribution in [0.2, 0.25) is 0 Å². The highest BCUT2D eigenvalue weighted by Crippen LogP contribution is 2.28. The van der Waals surface area contributed by atoms with Gasteiger partial charge in [-0.05, 0) is 70.9 Å². The average Bonchev–Trinajstić information content (AvgIpc) is 3.16. The number of nitro benzene ring substituents is 1. The van der Waals surface area contributed by atoms with E-state index < -0.39 is 4.92 Å². The van der Waals surface area contributed by atoms with Crippen molar-refractivity contribution < 1.29 is 9.34 Å². The first-order valence-electron chi connectivity index (χ1n) is 9.12. The summed E-state index contributed by atoms with van der Waals surface area (Å²) in [6.45, 7) is 2.03. The maximum atomic E-state index is 11.0. The molecule has 1 aromatic heterocycles. The molecule has 0 fully saturated rings. The summed E-state index contributed by atoms with van der Waals surface area (Å²) in [4.78, 5) is 19.6. The van der Waals surface area contributed by atoms with Gasteiger partial charge in [-0.1, -0.05) is 29.8 Å². The molecule has 3 aromatic carbocycles. The number of nitro groups is 1. The van der Waals surface area contributed by atoms with Crippen LogP contribution in [0.3, 0.4) is 0 Å². The number of hydrogen-bond donors (Lipinski definition) is 0. The summed E-state index contributed by atoms with van der Waals surface area (Å²) in [7, 11) is 0. The third-order valence-corrected chi connectivity index (χ3v) is 5.11. The smallest absolute Gasteiger partial charge is 0.284 e. The number of allylic oxidation sites excluding steroid dienone is 1. The molecule has 30 heavy (non-hydrogen) atoms. The largest absolute Gasteiger partial charge is 0.436 e. The van der Waals surface area contributed by atoms with Crippen LogP contribution in [0.15, 0.2) is 80.6 Å². The Bertz CT molecular complexity index is 1290. The van der Waals surface area contributed by atoms with Gasteiger partial charge in [0.1, 0.15) is 5.52 Å². The maximum absolute atomic E-state index is 11.0. The summed E-state index contributed by atoms with van der Waals surface area (Å²) in [5.74, 6) is 0.572. The maximum Gasteiger partial charge on any atom is 0.284 e. The van der Waals surface area contributed by atoms with Gasteiger partial charge in [-0.25, -0.2) is 4.98 Å². The molecule has 0 atom stereocenters. The predicted octanol–water partition coefficient (Wildman–Crippen LogP) is 6.89. The minimum absolute atomic E-state index is 0.0231. The minimum Gasteiger partial charge on any atom is -0.436 e. The Morgan fingerprint density at radius 3 is 2.67 bits per heavy atom. The first kappa shape index (κ1) is 19.7. The van der Waals surface area contributed by atoms with Crippen molar-refractivity contribution in [3.05, 3.63) is 92.5 Å². The quantitative estimate of drug-likeness (QED) is 0.184. The molecule has 0 bridgehead atoms.